The van der Waals surface area contributed by atoms with Crippen LogP contribution in [0.1, 0.15) is 30.9 Å². The molecule has 5 nitrogen and oxygen atoms in total. The summed E-state index contributed by atoms with van der Waals surface area (Å²) in [6.07, 6.45) is 2.02. The Morgan fingerprint density at radius 1 is 0.692 bits per heavy atom. The SMILES string of the molecule is CCOC1CC(OCc2ccc3ccccc3c2)CN(c2ccc(OCCCOCc3ccccc3)cc2)C1. The molecule has 1 aliphatic rings. The summed E-state index contributed by atoms with van der Waals surface area (Å²) in [6.45, 7) is 7.03. The summed E-state index contributed by atoms with van der Waals surface area (Å²) in [6, 6.07) is 33.6. The zero-order valence-electron chi connectivity index (χ0n) is 22.8. The molecule has 0 amide bonds. The number of benzene rings is 4. The maximum Gasteiger partial charge on any atom is 0.119 e. The van der Waals surface area contributed by atoms with Crippen molar-refractivity contribution in [1.29, 1.82) is 0 Å². The lowest BCUT2D eigenvalue weighted by molar-refractivity contribution is -0.0298. The highest BCUT2D eigenvalue weighted by Crippen LogP contribution is 2.26. The topological polar surface area (TPSA) is 40.2 Å². The van der Waals surface area contributed by atoms with Gasteiger partial charge in [-0.15, -0.1) is 0 Å². The van der Waals surface area contributed by atoms with Gasteiger partial charge < -0.3 is 23.8 Å². The van der Waals surface area contributed by atoms with E-state index in [1.54, 1.807) is 0 Å². The second kappa shape index (κ2) is 14.1. The van der Waals surface area contributed by atoms with Crippen LogP contribution >= 0.6 is 0 Å². The van der Waals surface area contributed by atoms with E-state index in [1.807, 2.05) is 18.2 Å². The van der Waals surface area contributed by atoms with Gasteiger partial charge >= 0.3 is 0 Å². The lowest BCUT2D eigenvalue weighted by atomic mass is 10.0. The summed E-state index contributed by atoms with van der Waals surface area (Å²) in [5.74, 6) is 0.879. The highest BCUT2D eigenvalue weighted by molar-refractivity contribution is 5.82. The van der Waals surface area contributed by atoms with Crippen molar-refractivity contribution in [2.75, 3.05) is 37.8 Å². The van der Waals surface area contributed by atoms with Gasteiger partial charge in [0.15, 0.2) is 0 Å². The van der Waals surface area contributed by atoms with Crippen LogP contribution in [0.3, 0.4) is 0 Å². The van der Waals surface area contributed by atoms with Gasteiger partial charge in [-0.25, -0.2) is 0 Å². The lowest BCUT2D eigenvalue weighted by Crippen LogP contribution is -2.47. The van der Waals surface area contributed by atoms with Gasteiger partial charge in [-0.1, -0.05) is 66.7 Å². The van der Waals surface area contributed by atoms with E-state index in [2.05, 4.69) is 90.7 Å². The predicted molar refractivity (Wildman–Crippen MR) is 157 cm³/mol. The second-order valence-corrected chi connectivity index (χ2v) is 10.1. The molecule has 4 aromatic carbocycles. The smallest absolute Gasteiger partial charge is 0.119 e. The minimum absolute atomic E-state index is 0.105. The van der Waals surface area contributed by atoms with Crippen molar-refractivity contribution in [1.82, 2.24) is 0 Å². The summed E-state index contributed by atoms with van der Waals surface area (Å²) in [5, 5.41) is 2.50. The molecule has 2 atom stereocenters. The second-order valence-electron chi connectivity index (χ2n) is 10.1. The number of hydrogen-bond acceptors (Lipinski definition) is 5. The summed E-state index contributed by atoms with van der Waals surface area (Å²) < 4.78 is 24.2. The first kappa shape index (κ1) is 27.2. The Kier molecular flexibility index (Phi) is 9.86. The van der Waals surface area contributed by atoms with Crippen molar-refractivity contribution in [3.63, 3.8) is 0 Å². The van der Waals surface area contributed by atoms with Crippen LogP contribution in [0.15, 0.2) is 97.1 Å². The molecule has 2 unspecified atom stereocenters. The summed E-state index contributed by atoms with van der Waals surface area (Å²) >= 11 is 0. The van der Waals surface area contributed by atoms with E-state index in [0.717, 1.165) is 37.4 Å². The van der Waals surface area contributed by atoms with Gasteiger partial charge in [-0.2, -0.15) is 0 Å². The normalized spacial score (nSPS) is 17.4. The molecular formula is C34H39NO4. The molecule has 0 bridgehead atoms. The number of rotatable bonds is 13. The van der Waals surface area contributed by atoms with E-state index < -0.39 is 0 Å². The largest absolute Gasteiger partial charge is 0.494 e. The van der Waals surface area contributed by atoms with E-state index in [-0.39, 0.29) is 12.2 Å². The quantitative estimate of drug-likeness (QED) is 0.175. The summed E-state index contributed by atoms with van der Waals surface area (Å²) in [4.78, 5) is 2.37. The van der Waals surface area contributed by atoms with Crippen molar-refractivity contribution >= 4 is 16.5 Å². The standard InChI is InChI=1S/C34H39NO4/c1-2-37-33-22-34(39-26-28-13-14-29-11-6-7-12-30(29)21-28)24-35(23-33)31-15-17-32(18-16-31)38-20-8-19-36-25-27-9-4-3-5-10-27/h3-7,9-18,21,33-34H,2,8,19-20,22-26H2,1H3. The van der Waals surface area contributed by atoms with Gasteiger partial charge in [-0.3, -0.25) is 0 Å². The Morgan fingerprint density at radius 3 is 2.23 bits per heavy atom. The maximum absolute atomic E-state index is 6.43. The van der Waals surface area contributed by atoms with Crippen LogP contribution in [0.5, 0.6) is 5.75 Å². The molecule has 204 valence electrons. The third-order valence-electron chi connectivity index (χ3n) is 7.09. The highest BCUT2D eigenvalue weighted by atomic mass is 16.5. The van der Waals surface area contributed by atoms with Crippen molar-refractivity contribution in [2.45, 2.75) is 45.2 Å². The van der Waals surface area contributed by atoms with Crippen LogP contribution in [-0.4, -0.2) is 45.1 Å². The molecule has 1 saturated heterocycles. The van der Waals surface area contributed by atoms with Crippen LogP contribution in [0.4, 0.5) is 5.69 Å². The Labute approximate surface area is 232 Å². The zero-order valence-corrected chi connectivity index (χ0v) is 22.8. The van der Waals surface area contributed by atoms with Crippen LogP contribution in [0, 0.1) is 0 Å². The molecule has 0 radical (unpaired) electrons. The molecule has 0 N–H and O–H groups in total. The predicted octanol–water partition coefficient (Wildman–Crippen LogP) is 7.03. The molecule has 0 spiro atoms. The molecular weight excluding hydrogens is 486 g/mol. The number of anilines is 1. The van der Waals surface area contributed by atoms with Crippen LogP contribution < -0.4 is 9.64 Å². The molecule has 5 heteroatoms. The van der Waals surface area contributed by atoms with Crippen LogP contribution in [0.25, 0.3) is 10.8 Å². The van der Waals surface area contributed by atoms with E-state index in [4.69, 9.17) is 18.9 Å². The van der Waals surface area contributed by atoms with Crippen molar-refractivity contribution < 1.29 is 18.9 Å². The molecule has 39 heavy (non-hydrogen) atoms. The van der Waals surface area contributed by atoms with Gasteiger partial charge in [0.1, 0.15) is 5.75 Å². The lowest BCUT2D eigenvalue weighted by Gasteiger charge is -2.38. The third-order valence-corrected chi connectivity index (χ3v) is 7.09. The number of nitrogens with zero attached hydrogens (tertiary/aromatic N) is 1. The monoisotopic (exact) mass is 525 g/mol. The van der Waals surface area contributed by atoms with Gasteiger partial charge in [-0.05, 0) is 59.2 Å². The minimum Gasteiger partial charge on any atom is -0.494 e. The number of piperidine rings is 1. The Morgan fingerprint density at radius 2 is 1.44 bits per heavy atom. The first-order valence-corrected chi connectivity index (χ1v) is 14.1. The van der Waals surface area contributed by atoms with Gasteiger partial charge in [0.25, 0.3) is 0 Å². The zero-order chi connectivity index (χ0) is 26.7. The summed E-state index contributed by atoms with van der Waals surface area (Å²) in [7, 11) is 0. The molecule has 1 fully saturated rings. The average Bonchev–Trinajstić information content (AvgIpc) is 2.99. The van der Waals surface area contributed by atoms with Gasteiger partial charge in [0.2, 0.25) is 0 Å². The fourth-order valence-electron chi connectivity index (χ4n) is 5.11. The Balaban J connectivity index is 1.10. The van der Waals surface area contributed by atoms with Gasteiger partial charge in [0, 0.05) is 38.2 Å². The van der Waals surface area contributed by atoms with E-state index in [1.165, 1.54) is 21.9 Å². The Bertz CT molecular complexity index is 1280. The number of hydrogen-bond donors (Lipinski definition) is 0. The molecule has 4 aromatic rings. The number of ether oxygens (including phenoxy) is 4. The molecule has 1 heterocycles. The third kappa shape index (κ3) is 8.06. The van der Waals surface area contributed by atoms with E-state index >= 15 is 0 Å². The number of fused-ring (bicyclic) bond motifs is 1. The van der Waals surface area contributed by atoms with Gasteiger partial charge in [0.05, 0.1) is 38.6 Å². The average molecular weight is 526 g/mol. The van der Waals surface area contributed by atoms with E-state index in [0.29, 0.717) is 33.0 Å². The fourth-order valence-corrected chi connectivity index (χ4v) is 5.11. The molecule has 0 aliphatic carbocycles. The fraction of sp³-hybridized carbons (Fsp3) is 0.353. The van der Waals surface area contributed by atoms with E-state index in [9.17, 15) is 0 Å². The maximum atomic E-state index is 6.43. The first-order chi connectivity index (χ1) is 19.3. The molecule has 0 saturated carbocycles. The minimum atomic E-state index is 0.105. The molecule has 1 aliphatic heterocycles. The van der Waals surface area contributed by atoms with Crippen LogP contribution in [-0.2, 0) is 27.4 Å². The first-order valence-electron chi connectivity index (χ1n) is 14.1. The van der Waals surface area contributed by atoms with Crippen molar-refractivity contribution in [3.05, 3.63) is 108 Å². The van der Waals surface area contributed by atoms with Crippen LogP contribution in [0.2, 0.25) is 0 Å². The van der Waals surface area contributed by atoms with Crippen molar-refractivity contribution in [2.24, 2.45) is 0 Å². The molecule has 5 rings (SSSR count). The highest BCUT2D eigenvalue weighted by Gasteiger charge is 2.28. The Hall–Kier alpha value is -3.38. The molecule has 0 aromatic heterocycles. The summed E-state index contributed by atoms with van der Waals surface area (Å²) in [5.41, 5.74) is 3.56. The van der Waals surface area contributed by atoms with Crippen molar-refractivity contribution in [3.8, 4) is 5.75 Å².